The van der Waals surface area contributed by atoms with E-state index in [9.17, 15) is 0 Å². The topological polar surface area (TPSA) is 138 Å². The Hall–Kier alpha value is -3.43. The molecular formula is C26H38N8O. The van der Waals surface area contributed by atoms with Gasteiger partial charge in [-0.2, -0.15) is 0 Å². The van der Waals surface area contributed by atoms with Gasteiger partial charge in [0.2, 0.25) is 0 Å². The van der Waals surface area contributed by atoms with E-state index in [-0.39, 0.29) is 5.92 Å². The second kappa shape index (κ2) is 12.9. The summed E-state index contributed by atoms with van der Waals surface area (Å²) in [4.78, 5) is 11.6. The predicted octanol–water partition coefficient (Wildman–Crippen LogP) is 3.03. The lowest BCUT2D eigenvalue weighted by Gasteiger charge is -2.32. The number of rotatable bonds is 11. The summed E-state index contributed by atoms with van der Waals surface area (Å²) >= 11 is 0. The zero-order valence-corrected chi connectivity index (χ0v) is 20.9. The molecule has 1 aliphatic rings. The molecule has 0 amide bonds. The highest BCUT2D eigenvalue weighted by atomic mass is 16.5. The maximum Gasteiger partial charge on any atom is 0.132 e. The summed E-state index contributed by atoms with van der Waals surface area (Å²) < 4.78 is 5.43. The molecule has 7 N–H and O–H groups in total. The van der Waals surface area contributed by atoms with Crippen LogP contribution in [0.3, 0.4) is 0 Å². The van der Waals surface area contributed by atoms with Crippen LogP contribution in [0.15, 0.2) is 54.3 Å². The Morgan fingerprint density at radius 3 is 2.69 bits per heavy atom. The number of nitrogens with one attached hydrogen (secondary N) is 3. The van der Waals surface area contributed by atoms with E-state index in [4.69, 9.17) is 21.6 Å². The van der Waals surface area contributed by atoms with Gasteiger partial charge in [0.1, 0.15) is 11.6 Å². The first-order valence-corrected chi connectivity index (χ1v) is 12.1. The molecular weight excluding hydrogens is 440 g/mol. The van der Waals surface area contributed by atoms with Crippen molar-refractivity contribution in [3.63, 3.8) is 0 Å². The molecule has 1 aliphatic heterocycles. The van der Waals surface area contributed by atoms with Gasteiger partial charge in [0.05, 0.1) is 24.2 Å². The number of allylic oxidation sites excluding steroid dienone is 3. The van der Waals surface area contributed by atoms with Crippen molar-refractivity contribution < 1.29 is 4.74 Å². The number of morpholine rings is 1. The number of hydrogen-bond donors (Lipinski definition) is 5. The van der Waals surface area contributed by atoms with Gasteiger partial charge in [-0.3, -0.25) is 9.88 Å². The van der Waals surface area contributed by atoms with Crippen LogP contribution in [0.2, 0.25) is 0 Å². The van der Waals surface area contributed by atoms with Crippen LogP contribution in [0.4, 0.5) is 5.82 Å². The van der Waals surface area contributed by atoms with Gasteiger partial charge in [-0.15, -0.1) is 0 Å². The molecule has 0 saturated carbocycles. The molecule has 3 rings (SSSR count). The summed E-state index contributed by atoms with van der Waals surface area (Å²) in [6.45, 7) is 10.8. The highest BCUT2D eigenvalue weighted by molar-refractivity contribution is 6.08. The van der Waals surface area contributed by atoms with E-state index in [1.165, 1.54) is 6.21 Å². The number of hydrogen-bond acceptors (Lipinski definition) is 9. The van der Waals surface area contributed by atoms with Crippen LogP contribution in [0.5, 0.6) is 0 Å². The Balaban J connectivity index is 1.67. The molecule has 0 bridgehead atoms. The molecule has 2 aromatic heterocycles. The Bertz CT molecular complexity index is 1090. The molecule has 35 heavy (non-hydrogen) atoms. The molecule has 2 aromatic rings. The first-order chi connectivity index (χ1) is 16.9. The van der Waals surface area contributed by atoms with E-state index in [0.717, 1.165) is 61.5 Å². The van der Waals surface area contributed by atoms with Crippen LogP contribution in [-0.4, -0.2) is 60.0 Å². The largest absolute Gasteiger partial charge is 0.404 e. The molecule has 0 aromatic carbocycles. The van der Waals surface area contributed by atoms with Crippen LogP contribution in [0, 0.1) is 11.3 Å². The number of pyridine rings is 2. The Morgan fingerprint density at radius 2 is 2.00 bits per heavy atom. The predicted molar refractivity (Wildman–Crippen MR) is 144 cm³/mol. The number of nitrogens with zero attached hydrogens (tertiary/aromatic N) is 3. The lowest BCUT2D eigenvalue weighted by molar-refractivity contribution is 0.0189. The van der Waals surface area contributed by atoms with Gasteiger partial charge < -0.3 is 32.2 Å². The van der Waals surface area contributed by atoms with Crippen molar-refractivity contribution in [3.05, 3.63) is 59.8 Å². The standard InChI is InChI=1S/C26H38N8O/c1-18(2)20(14-27)13-25(29)33-26-5-4-23-24(32-26)12-21(17-31-23)22(15-28)16-30-7-6-19(3)34-8-10-35-11-9-34/h4-5,12-19,28,30H,6-11,27,29H2,1-3H3,(H,32,33)/b20-14+,22-16+,25-13+,28-15?. The monoisotopic (exact) mass is 478 g/mol. The van der Waals surface area contributed by atoms with Crippen molar-refractivity contribution in [1.82, 2.24) is 20.2 Å². The van der Waals surface area contributed by atoms with E-state index in [1.807, 2.05) is 30.5 Å². The SMILES string of the molecule is CC(C)C(=C/N)/C=C(\N)Nc1ccc2ncc(/C(C=N)=C/NCCC(C)N3CCOCC3)cc2n1. The average Bonchev–Trinajstić information content (AvgIpc) is 2.87. The Morgan fingerprint density at radius 1 is 1.23 bits per heavy atom. The number of aromatic nitrogens is 2. The fourth-order valence-electron chi connectivity index (χ4n) is 3.89. The van der Waals surface area contributed by atoms with Crippen molar-refractivity contribution in [2.45, 2.75) is 33.2 Å². The number of nitrogens with two attached hydrogens (primary N) is 2. The highest BCUT2D eigenvalue weighted by Gasteiger charge is 2.16. The molecule has 1 unspecified atom stereocenters. The number of fused-ring (bicyclic) bond motifs is 1. The van der Waals surface area contributed by atoms with Crippen molar-refractivity contribution in [2.75, 3.05) is 38.2 Å². The van der Waals surface area contributed by atoms with Crippen molar-refractivity contribution >= 4 is 28.6 Å². The van der Waals surface area contributed by atoms with Gasteiger partial charge in [-0.1, -0.05) is 13.8 Å². The van der Waals surface area contributed by atoms with Gasteiger partial charge in [-0.05, 0) is 55.3 Å². The molecule has 9 heteroatoms. The van der Waals surface area contributed by atoms with Gasteiger partial charge in [0, 0.05) is 55.4 Å². The molecule has 1 saturated heterocycles. The third-order valence-electron chi connectivity index (χ3n) is 6.11. The van der Waals surface area contributed by atoms with E-state index >= 15 is 0 Å². The minimum atomic E-state index is 0.263. The summed E-state index contributed by atoms with van der Waals surface area (Å²) in [5, 5.41) is 14.4. The maximum atomic E-state index is 7.88. The molecule has 1 atom stereocenters. The maximum absolute atomic E-state index is 7.88. The van der Waals surface area contributed by atoms with Gasteiger partial charge in [-0.25, -0.2) is 4.98 Å². The van der Waals surface area contributed by atoms with Crippen LogP contribution in [-0.2, 0) is 4.74 Å². The fraction of sp³-hybridized carbons (Fsp3) is 0.423. The molecule has 3 heterocycles. The normalized spacial score (nSPS) is 17.0. The molecule has 1 fully saturated rings. The quantitative estimate of drug-likeness (QED) is 0.189. The first kappa shape index (κ1) is 26.2. The van der Waals surface area contributed by atoms with Crippen molar-refractivity contribution in [2.24, 2.45) is 17.4 Å². The van der Waals surface area contributed by atoms with Crippen molar-refractivity contribution in [1.29, 1.82) is 5.41 Å². The second-order valence-electron chi connectivity index (χ2n) is 8.99. The summed E-state index contributed by atoms with van der Waals surface area (Å²) in [5.74, 6) is 1.34. The van der Waals surface area contributed by atoms with Crippen molar-refractivity contribution in [3.8, 4) is 0 Å². The summed E-state index contributed by atoms with van der Waals surface area (Å²) in [7, 11) is 0. The summed E-state index contributed by atoms with van der Waals surface area (Å²) in [5.41, 5.74) is 15.8. The Kier molecular flexibility index (Phi) is 9.63. The zero-order chi connectivity index (χ0) is 25.2. The molecule has 9 nitrogen and oxygen atoms in total. The summed E-state index contributed by atoms with van der Waals surface area (Å²) in [6, 6.07) is 6.14. The van der Waals surface area contributed by atoms with E-state index in [0.29, 0.717) is 23.2 Å². The Labute approximate surface area is 207 Å². The van der Waals surface area contributed by atoms with Gasteiger partial charge in [0.15, 0.2) is 0 Å². The molecule has 188 valence electrons. The first-order valence-electron chi connectivity index (χ1n) is 12.1. The van der Waals surface area contributed by atoms with Gasteiger partial charge >= 0.3 is 0 Å². The molecule has 0 spiro atoms. The second-order valence-corrected chi connectivity index (χ2v) is 8.99. The van der Waals surface area contributed by atoms with E-state index < -0.39 is 0 Å². The third-order valence-corrected chi connectivity index (χ3v) is 6.11. The molecule has 0 aliphatic carbocycles. The lowest BCUT2D eigenvalue weighted by Crippen LogP contribution is -2.42. The zero-order valence-electron chi connectivity index (χ0n) is 20.9. The lowest BCUT2D eigenvalue weighted by atomic mass is 10.0. The van der Waals surface area contributed by atoms with Crippen LogP contribution < -0.4 is 22.1 Å². The van der Waals surface area contributed by atoms with E-state index in [1.54, 1.807) is 12.4 Å². The minimum Gasteiger partial charge on any atom is -0.404 e. The number of anilines is 1. The number of ether oxygens (including phenoxy) is 1. The molecule has 0 radical (unpaired) electrons. The minimum absolute atomic E-state index is 0.263. The van der Waals surface area contributed by atoms with Gasteiger partial charge in [0.25, 0.3) is 0 Å². The van der Waals surface area contributed by atoms with Crippen LogP contribution >= 0.6 is 0 Å². The van der Waals surface area contributed by atoms with Crippen LogP contribution in [0.1, 0.15) is 32.8 Å². The summed E-state index contributed by atoms with van der Waals surface area (Å²) in [6.07, 6.45) is 9.36. The smallest absolute Gasteiger partial charge is 0.132 e. The highest BCUT2D eigenvalue weighted by Crippen LogP contribution is 2.19. The van der Waals surface area contributed by atoms with E-state index in [2.05, 4.69) is 46.3 Å². The third kappa shape index (κ3) is 7.53. The fourth-order valence-corrected chi connectivity index (χ4v) is 3.89. The van der Waals surface area contributed by atoms with Crippen LogP contribution in [0.25, 0.3) is 16.6 Å². The average molecular weight is 479 g/mol.